The van der Waals surface area contributed by atoms with Gasteiger partial charge in [0.2, 0.25) is 0 Å². The van der Waals surface area contributed by atoms with Crippen LogP contribution in [0.2, 0.25) is 0 Å². The van der Waals surface area contributed by atoms with Crippen molar-refractivity contribution in [3.8, 4) is 0 Å². The molecule has 2 aromatic rings. The fourth-order valence-electron chi connectivity index (χ4n) is 2.22. The van der Waals surface area contributed by atoms with Gasteiger partial charge in [-0.3, -0.25) is 10.1 Å². The Hall–Kier alpha value is -2.80. The van der Waals surface area contributed by atoms with Crippen LogP contribution < -0.4 is 4.90 Å². The fourth-order valence-corrected chi connectivity index (χ4v) is 2.22. The van der Waals surface area contributed by atoms with Crippen LogP contribution in [0, 0.1) is 10.1 Å². The van der Waals surface area contributed by atoms with Crippen molar-refractivity contribution in [1.82, 2.24) is 0 Å². The zero-order chi connectivity index (χ0) is 16.7. The first-order valence-corrected chi connectivity index (χ1v) is 7.27. The number of likely N-dealkylation sites (N-methyl/N-ethyl adjacent to an activating group) is 1. The summed E-state index contributed by atoms with van der Waals surface area (Å²) in [5.74, 6) is 0. The second-order valence-electron chi connectivity index (χ2n) is 4.74. The molecule has 23 heavy (non-hydrogen) atoms. The van der Waals surface area contributed by atoms with Gasteiger partial charge in [-0.15, -0.1) is 5.11 Å². The molecule has 2 aromatic carbocycles. The van der Waals surface area contributed by atoms with Crippen LogP contribution in [0.3, 0.4) is 0 Å². The van der Waals surface area contributed by atoms with Crippen molar-refractivity contribution in [3.63, 3.8) is 0 Å². The number of aliphatic hydroxyl groups is 1. The Labute approximate surface area is 134 Å². The molecule has 0 aliphatic rings. The third-order valence-corrected chi connectivity index (χ3v) is 3.30. The van der Waals surface area contributed by atoms with Crippen LogP contribution in [0.5, 0.6) is 0 Å². The van der Waals surface area contributed by atoms with Gasteiger partial charge in [0.1, 0.15) is 5.69 Å². The average Bonchev–Trinajstić information content (AvgIpc) is 2.58. The van der Waals surface area contributed by atoms with E-state index in [1.165, 1.54) is 0 Å². The Bertz CT molecular complexity index is 689. The van der Waals surface area contributed by atoms with E-state index in [1.54, 1.807) is 35.2 Å². The number of benzene rings is 2. The summed E-state index contributed by atoms with van der Waals surface area (Å²) in [5.41, 5.74) is 1.13. The smallest absolute Gasteiger partial charge is 0.319 e. The number of rotatable bonds is 7. The summed E-state index contributed by atoms with van der Waals surface area (Å²) in [6.07, 6.45) is 0. The van der Waals surface area contributed by atoms with Gasteiger partial charge in [-0.05, 0) is 31.2 Å². The van der Waals surface area contributed by atoms with E-state index >= 15 is 0 Å². The molecule has 0 aliphatic heterocycles. The minimum atomic E-state index is -0.464. The van der Waals surface area contributed by atoms with Crippen LogP contribution in [-0.2, 0) is 0 Å². The van der Waals surface area contributed by atoms with Crippen LogP contribution in [-0.4, -0.2) is 29.7 Å². The summed E-state index contributed by atoms with van der Waals surface area (Å²) in [5, 5.41) is 28.7. The fraction of sp³-hybridized carbons (Fsp3) is 0.250. The Morgan fingerprint density at radius 2 is 1.87 bits per heavy atom. The third-order valence-electron chi connectivity index (χ3n) is 3.30. The van der Waals surface area contributed by atoms with E-state index in [0.717, 1.165) is 0 Å². The summed E-state index contributed by atoms with van der Waals surface area (Å²) in [7, 11) is 0. The van der Waals surface area contributed by atoms with Crippen molar-refractivity contribution >= 4 is 22.7 Å². The minimum absolute atomic E-state index is 0.0826. The zero-order valence-electron chi connectivity index (χ0n) is 12.8. The van der Waals surface area contributed by atoms with Gasteiger partial charge in [0.05, 0.1) is 17.2 Å². The van der Waals surface area contributed by atoms with Crippen molar-refractivity contribution in [2.45, 2.75) is 6.92 Å². The highest BCUT2D eigenvalue weighted by Crippen LogP contribution is 2.37. The predicted molar refractivity (Wildman–Crippen MR) is 88.7 cm³/mol. The highest BCUT2D eigenvalue weighted by Gasteiger charge is 2.23. The molecule has 0 amide bonds. The molecule has 0 radical (unpaired) electrons. The van der Waals surface area contributed by atoms with E-state index in [2.05, 4.69) is 10.2 Å². The number of azo groups is 1. The van der Waals surface area contributed by atoms with Crippen molar-refractivity contribution in [3.05, 3.63) is 58.6 Å². The number of aliphatic hydroxyl groups excluding tert-OH is 1. The maximum Gasteiger partial charge on any atom is 0.319 e. The molecule has 0 heterocycles. The number of nitro benzene ring substituents is 1. The van der Waals surface area contributed by atoms with Crippen LogP contribution in [0.15, 0.2) is 58.8 Å². The van der Waals surface area contributed by atoms with Gasteiger partial charge in [0, 0.05) is 13.1 Å². The minimum Gasteiger partial charge on any atom is -0.395 e. The Kier molecular flexibility index (Phi) is 5.76. The number of nitrogens with zero attached hydrogens (tertiary/aromatic N) is 4. The van der Waals surface area contributed by atoms with Gasteiger partial charge < -0.3 is 10.0 Å². The third kappa shape index (κ3) is 4.10. The zero-order valence-corrected chi connectivity index (χ0v) is 12.8. The molecule has 0 spiro atoms. The van der Waals surface area contributed by atoms with Crippen molar-refractivity contribution < 1.29 is 10.0 Å². The van der Waals surface area contributed by atoms with E-state index < -0.39 is 4.92 Å². The van der Waals surface area contributed by atoms with Gasteiger partial charge in [-0.2, -0.15) is 5.11 Å². The van der Waals surface area contributed by atoms with Crippen LogP contribution >= 0.6 is 0 Å². The van der Waals surface area contributed by atoms with E-state index in [1.807, 2.05) is 25.1 Å². The average molecular weight is 314 g/mol. The second-order valence-corrected chi connectivity index (χ2v) is 4.74. The molecular formula is C16H18N4O3. The molecule has 1 N–H and O–H groups in total. The molecule has 0 saturated carbocycles. The van der Waals surface area contributed by atoms with Crippen LogP contribution in [0.4, 0.5) is 22.7 Å². The number of anilines is 1. The molecule has 0 aromatic heterocycles. The summed E-state index contributed by atoms with van der Waals surface area (Å²) in [4.78, 5) is 12.8. The highest BCUT2D eigenvalue weighted by atomic mass is 16.6. The molecule has 7 nitrogen and oxygen atoms in total. The lowest BCUT2D eigenvalue weighted by Crippen LogP contribution is -2.26. The summed E-state index contributed by atoms with van der Waals surface area (Å²) in [6.45, 7) is 2.65. The van der Waals surface area contributed by atoms with E-state index in [4.69, 9.17) is 5.11 Å². The Morgan fingerprint density at radius 1 is 1.13 bits per heavy atom. The van der Waals surface area contributed by atoms with Gasteiger partial charge >= 0.3 is 5.69 Å². The SMILES string of the molecule is CCN(CCO)c1cccc(N=Nc2ccccc2)c1[N+](=O)[O-]. The molecule has 0 unspecified atom stereocenters. The van der Waals surface area contributed by atoms with Gasteiger partial charge in [0.15, 0.2) is 5.69 Å². The normalized spacial score (nSPS) is 10.9. The molecule has 0 bridgehead atoms. The lowest BCUT2D eigenvalue weighted by Gasteiger charge is -2.21. The van der Waals surface area contributed by atoms with Crippen LogP contribution in [0.25, 0.3) is 0 Å². The van der Waals surface area contributed by atoms with Crippen molar-refractivity contribution in [2.24, 2.45) is 10.2 Å². The lowest BCUT2D eigenvalue weighted by atomic mass is 10.2. The first-order chi connectivity index (χ1) is 11.2. The molecule has 2 rings (SSSR count). The Balaban J connectivity index is 2.43. The first kappa shape index (κ1) is 16.6. The summed E-state index contributed by atoms with van der Waals surface area (Å²) >= 11 is 0. The Morgan fingerprint density at radius 3 is 2.48 bits per heavy atom. The summed E-state index contributed by atoms with van der Waals surface area (Å²) in [6, 6.07) is 13.9. The number of hydrogen-bond acceptors (Lipinski definition) is 6. The molecule has 120 valence electrons. The predicted octanol–water partition coefficient (Wildman–Crippen LogP) is 3.83. The maximum atomic E-state index is 11.5. The van der Waals surface area contributed by atoms with Crippen molar-refractivity contribution in [2.75, 3.05) is 24.6 Å². The summed E-state index contributed by atoms with van der Waals surface area (Å²) < 4.78 is 0. The highest BCUT2D eigenvalue weighted by molar-refractivity contribution is 5.74. The number of hydrogen-bond donors (Lipinski definition) is 1. The lowest BCUT2D eigenvalue weighted by molar-refractivity contribution is -0.383. The van der Waals surface area contributed by atoms with Gasteiger partial charge in [0.25, 0.3) is 0 Å². The molecule has 0 aliphatic carbocycles. The van der Waals surface area contributed by atoms with Crippen molar-refractivity contribution in [1.29, 1.82) is 0 Å². The quantitative estimate of drug-likeness (QED) is 0.477. The van der Waals surface area contributed by atoms with E-state index in [9.17, 15) is 10.1 Å². The van der Waals surface area contributed by atoms with E-state index in [-0.39, 0.29) is 18.0 Å². The second kappa shape index (κ2) is 8.00. The van der Waals surface area contributed by atoms with Gasteiger partial charge in [-0.1, -0.05) is 24.3 Å². The molecule has 0 saturated heterocycles. The maximum absolute atomic E-state index is 11.5. The van der Waals surface area contributed by atoms with Gasteiger partial charge in [-0.25, -0.2) is 0 Å². The van der Waals surface area contributed by atoms with E-state index in [0.29, 0.717) is 24.5 Å². The first-order valence-electron chi connectivity index (χ1n) is 7.27. The number of para-hydroxylation sites is 1. The monoisotopic (exact) mass is 314 g/mol. The topological polar surface area (TPSA) is 91.3 Å². The largest absolute Gasteiger partial charge is 0.395 e. The molecular weight excluding hydrogens is 296 g/mol. The number of nitro groups is 1. The molecule has 0 fully saturated rings. The molecule has 0 atom stereocenters. The molecule has 7 heteroatoms. The standard InChI is InChI=1S/C16H18N4O3/c1-2-19(11-12-21)15-10-6-9-14(16(15)20(22)23)18-17-13-7-4-3-5-8-13/h3-10,21H,2,11-12H2,1H3. The van der Waals surface area contributed by atoms with Crippen LogP contribution in [0.1, 0.15) is 6.92 Å².